The van der Waals surface area contributed by atoms with Gasteiger partial charge in [0.15, 0.2) is 0 Å². The lowest BCUT2D eigenvalue weighted by Crippen LogP contribution is -2.17. The number of esters is 1. The Balaban J connectivity index is 2.96. The summed E-state index contributed by atoms with van der Waals surface area (Å²) in [5, 5.41) is 0.920. The highest BCUT2D eigenvalue weighted by atomic mass is 32.1. The van der Waals surface area contributed by atoms with Crippen molar-refractivity contribution in [3.63, 3.8) is 0 Å². The molecule has 102 valence electrons. The number of ether oxygens (including phenoxy) is 1. The zero-order valence-electron chi connectivity index (χ0n) is 11.5. The molecule has 0 aliphatic heterocycles. The molecule has 1 rings (SSSR count). The Hall–Kier alpha value is -0.940. The summed E-state index contributed by atoms with van der Waals surface area (Å²) in [6.45, 7) is 8.36. The second kappa shape index (κ2) is 6.85. The summed E-state index contributed by atoms with van der Waals surface area (Å²) in [6, 6.07) is 0.0538. The molecular weight excluding hydrogens is 248 g/mol. The van der Waals surface area contributed by atoms with E-state index in [4.69, 9.17) is 10.5 Å². The number of carbonyl (C=O) groups is 1. The van der Waals surface area contributed by atoms with E-state index in [1.807, 2.05) is 13.8 Å². The predicted molar refractivity (Wildman–Crippen MR) is 74.0 cm³/mol. The Labute approximate surface area is 113 Å². The molecule has 4 nitrogen and oxygen atoms in total. The van der Waals surface area contributed by atoms with E-state index in [1.165, 1.54) is 11.3 Å². The molecule has 0 spiro atoms. The van der Waals surface area contributed by atoms with Crippen molar-refractivity contribution in [2.24, 2.45) is 11.7 Å². The smallest absolute Gasteiger partial charge is 0.350 e. The van der Waals surface area contributed by atoms with E-state index in [2.05, 4.69) is 18.8 Å². The van der Waals surface area contributed by atoms with Gasteiger partial charge in [-0.1, -0.05) is 13.8 Å². The van der Waals surface area contributed by atoms with Crippen LogP contribution in [-0.2, 0) is 17.6 Å². The lowest BCUT2D eigenvalue weighted by Gasteiger charge is -2.04. The van der Waals surface area contributed by atoms with Gasteiger partial charge < -0.3 is 10.5 Å². The van der Waals surface area contributed by atoms with Crippen LogP contribution in [0.5, 0.6) is 0 Å². The summed E-state index contributed by atoms with van der Waals surface area (Å²) in [5.41, 5.74) is 6.62. The normalized spacial score (nSPS) is 12.8. The van der Waals surface area contributed by atoms with E-state index in [1.54, 1.807) is 0 Å². The van der Waals surface area contributed by atoms with Gasteiger partial charge in [0.05, 0.1) is 17.3 Å². The molecule has 0 aliphatic carbocycles. The van der Waals surface area contributed by atoms with E-state index in [0.717, 1.165) is 17.1 Å². The quantitative estimate of drug-likeness (QED) is 0.806. The maximum Gasteiger partial charge on any atom is 0.350 e. The van der Waals surface area contributed by atoms with Crippen LogP contribution in [0.15, 0.2) is 0 Å². The number of thiazole rings is 1. The molecule has 2 N–H and O–H groups in total. The van der Waals surface area contributed by atoms with Crippen molar-refractivity contribution in [1.82, 2.24) is 4.98 Å². The first-order chi connectivity index (χ1) is 8.43. The van der Waals surface area contributed by atoms with Crippen molar-refractivity contribution in [1.29, 1.82) is 0 Å². The Morgan fingerprint density at radius 1 is 1.39 bits per heavy atom. The highest BCUT2D eigenvalue weighted by Crippen LogP contribution is 2.23. The van der Waals surface area contributed by atoms with Crippen LogP contribution in [0.4, 0.5) is 0 Å². The molecule has 5 heteroatoms. The Morgan fingerprint density at radius 2 is 2.06 bits per heavy atom. The van der Waals surface area contributed by atoms with Crippen molar-refractivity contribution in [2.45, 2.75) is 46.6 Å². The molecule has 0 fully saturated rings. The minimum Gasteiger partial charge on any atom is -0.462 e. The van der Waals surface area contributed by atoms with Crippen molar-refractivity contribution < 1.29 is 9.53 Å². The molecule has 0 aromatic carbocycles. The highest BCUT2D eigenvalue weighted by Gasteiger charge is 2.20. The van der Waals surface area contributed by atoms with E-state index >= 15 is 0 Å². The number of carbonyl (C=O) groups excluding carboxylic acids is 1. The van der Waals surface area contributed by atoms with Crippen molar-refractivity contribution in [3.8, 4) is 0 Å². The maximum absolute atomic E-state index is 11.9. The third-order valence-electron chi connectivity index (χ3n) is 2.30. The first kappa shape index (κ1) is 15.1. The third kappa shape index (κ3) is 4.38. The summed E-state index contributed by atoms with van der Waals surface area (Å²) in [4.78, 5) is 17.0. The second-order valence-corrected chi connectivity index (χ2v) is 5.97. The van der Waals surface area contributed by atoms with Crippen LogP contribution in [0.25, 0.3) is 0 Å². The van der Waals surface area contributed by atoms with Crippen molar-refractivity contribution >= 4 is 17.3 Å². The minimum absolute atomic E-state index is 0.0538. The van der Waals surface area contributed by atoms with Gasteiger partial charge in [0.1, 0.15) is 4.88 Å². The number of rotatable bonds is 6. The maximum atomic E-state index is 11.9. The number of hydrogen-bond acceptors (Lipinski definition) is 5. The summed E-state index contributed by atoms with van der Waals surface area (Å²) in [5.74, 6) is 0.199. The zero-order chi connectivity index (χ0) is 13.7. The zero-order valence-corrected chi connectivity index (χ0v) is 12.3. The topological polar surface area (TPSA) is 65.2 Å². The molecule has 0 amide bonds. The highest BCUT2D eigenvalue weighted by molar-refractivity contribution is 7.13. The van der Waals surface area contributed by atoms with Crippen LogP contribution in [0.1, 0.15) is 48.1 Å². The second-order valence-electron chi connectivity index (χ2n) is 4.88. The van der Waals surface area contributed by atoms with Gasteiger partial charge >= 0.3 is 5.97 Å². The number of nitrogens with zero attached hydrogens (tertiary/aromatic N) is 1. The summed E-state index contributed by atoms with van der Waals surface area (Å²) in [6.07, 6.45) is 1.50. The fraction of sp³-hybridized carbons (Fsp3) is 0.692. The van der Waals surface area contributed by atoms with E-state index in [-0.39, 0.29) is 12.0 Å². The third-order valence-corrected chi connectivity index (χ3v) is 3.40. The summed E-state index contributed by atoms with van der Waals surface area (Å²) in [7, 11) is 0. The van der Waals surface area contributed by atoms with Crippen LogP contribution in [0.2, 0.25) is 0 Å². The van der Waals surface area contributed by atoms with Crippen LogP contribution in [0.3, 0.4) is 0 Å². The first-order valence-electron chi connectivity index (χ1n) is 6.35. The number of aromatic nitrogens is 1. The molecule has 0 bridgehead atoms. The largest absolute Gasteiger partial charge is 0.462 e. The molecule has 1 aromatic rings. The van der Waals surface area contributed by atoms with Crippen molar-refractivity contribution in [2.75, 3.05) is 6.61 Å². The van der Waals surface area contributed by atoms with E-state index in [0.29, 0.717) is 23.8 Å². The van der Waals surface area contributed by atoms with Gasteiger partial charge in [0, 0.05) is 12.5 Å². The van der Waals surface area contributed by atoms with E-state index in [9.17, 15) is 4.79 Å². The van der Waals surface area contributed by atoms with Gasteiger partial charge in [0.25, 0.3) is 0 Å². The molecule has 1 unspecified atom stereocenters. The first-order valence-corrected chi connectivity index (χ1v) is 7.16. The molecule has 1 heterocycles. The summed E-state index contributed by atoms with van der Waals surface area (Å²) < 4.78 is 5.07. The van der Waals surface area contributed by atoms with Crippen LogP contribution < -0.4 is 5.73 Å². The average Bonchev–Trinajstić information content (AvgIpc) is 2.59. The van der Waals surface area contributed by atoms with Crippen molar-refractivity contribution in [3.05, 3.63) is 15.6 Å². The molecule has 0 saturated heterocycles. The lowest BCUT2D eigenvalue weighted by atomic mass is 10.1. The monoisotopic (exact) mass is 270 g/mol. The molecular formula is C13H22N2O2S. The summed E-state index contributed by atoms with van der Waals surface area (Å²) >= 11 is 1.41. The van der Waals surface area contributed by atoms with Crippen LogP contribution in [-0.4, -0.2) is 23.6 Å². The van der Waals surface area contributed by atoms with Crippen LogP contribution >= 0.6 is 11.3 Å². The number of hydrogen-bond donors (Lipinski definition) is 1. The standard InChI is InChI=1S/C13H22N2O2S/c1-5-17-13(16)12-10(6-8(2)3)15-11(18-12)7-9(4)14/h8-9H,5-7,14H2,1-4H3. The predicted octanol–water partition coefficient (Wildman–Crippen LogP) is 2.41. The average molecular weight is 270 g/mol. The number of nitrogens with two attached hydrogens (primary N) is 1. The Morgan fingerprint density at radius 3 is 2.56 bits per heavy atom. The van der Waals surface area contributed by atoms with Gasteiger partial charge in [-0.25, -0.2) is 9.78 Å². The molecule has 0 aliphatic rings. The van der Waals surface area contributed by atoms with E-state index < -0.39 is 0 Å². The fourth-order valence-corrected chi connectivity index (χ4v) is 2.77. The Bertz CT molecular complexity index is 400. The van der Waals surface area contributed by atoms with Crippen LogP contribution in [0, 0.1) is 5.92 Å². The molecule has 18 heavy (non-hydrogen) atoms. The fourth-order valence-electron chi connectivity index (χ4n) is 1.64. The molecule has 0 saturated carbocycles. The van der Waals surface area contributed by atoms with Gasteiger partial charge in [-0.05, 0) is 26.2 Å². The van der Waals surface area contributed by atoms with Gasteiger partial charge in [0.2, 0.25) is 0 Å². The Kier molecular flexibility index (Phi) is 5.75. The minimum atomic E-state index is -0.262. The molecule has 0 radical (unpaired) electrons. The SMILES string of the molecule is CCOC(=O)c1sc(CC(C)N)nc1CC(C)C. The van der Waals surface area contributed by atoms with Gasteiger partial charge in [-0.2, -0.15) is 0 Å². The lowest BCUT2D eigenvalue weighted by molar-refractivity contribution is 0.0530. The molecule has 1 aromatic heterocycles. The molecule has 1 atom stereocenters. The van der Waals surface area contributed by atoms with Gasteiger partial charge in [-0.15, -0.1) is 11.3 Å². The van der Waals surface area contributed by atoms with Gasteiger partial charge in [-0.3, -0.25) is 0 Å².